The van der Waals surface area contributed by atoms with E-state index in [1.807, 2.05) is 0 Å². The topological polar surface area (TPSA) is 69.2 Å². The molecule has 25 heavy (non-hydrogen) atoms. The predicted octanol–water partition coefficient (Wildman–Crippen LogP) is 3.64. The van der Waals surface area contributed by atoms with Crippen molar-refractivity contribution in [1.82, 2.24) is 5.43 Å². The van der Waals surface area contributed by atoms with E-state index >= 15 is 0 Å². The number of carbonyl (C=O) groups is 1. The lowest BCUT2D eigenvalue weighted by atomic mass is 9.72. The Labute approximate surface area is 149 Å². The summed E-state index contributed by atoms with van der Waals surface area (Å²) in [7, 11) is 4.56. The maximum atomic E-state index is 12.5. The van der Waals surface area contributed by atoms with Gasteiger partial charge in [0.05, 0.1) is 21.3 Å². The normalized spacial score (nSPS) is 20.9. The molecule has 6 nitrogen and oxygen atoms in total. The lowest BCUT2D eigenvalue weighted by Crippen LogP contribution is -2.30. The highest BCUT2D eigenvalue weighted by Crippen LogP contribution is 2.38. The van der Waals surface area contributed by atoms with Gasteiger partial charge in [0.15, 0.2) is 11.5 Å². The highest BCUT2D eigenvalue weighted by molar-refractivity contribution is 5.97. The Morgan fingerprint density at radius 2 is 1.76 bits per heavy atom. The molecule has 0 bridgehead atoms. The van der Waals surface area contributed by atoms with Crippen LogP contribution in [0.15, 0.2) is 17.2 Å². The molecule has 1 fully saturated rings. The second kappa shape index (κ2) is 7.76. The number of nitrogens with one attached hydrogen (secondary N) is 1. The van der Waals surface area contributed by atoms with Crippen LogP contribution in [0, 0.1) is 11.3 Å². The van der Waals surface area contributed by atoms with Crippen molar-refractivity contribution >= 4 is 11.6 Å². The molecule has 0 radical (unpaired) electrons. The molecule has 1 aromatic rings. The first-order valence-corrected chi connectivity index (χ1v) is 8.45. The first kappa shape index (κ1) is 19.1. The molecule has 1 aliphatic rings. The minimum atomic E-state index is -0.303. The van der Waals surface area contributed by atoms with Crippen LogP contribution in [0.4, 0.5) is 0 Å². The zero-order valence-electron chi connectivity index (χ0n) is 15.9. The van der Waals surface area contributed by atoms with Gasteiger partial charge < -0.3 is 14.2 Å². The maximum Gasteiger partial charge on any atom is 0.271 e. The molecule has 1 aliphatic carbocycles. The number of carbonyl (C=O) groups excluding carboxylic acids is 1. The molecular formula is C19H28N2O4. The summed E-state index contributed by atoms with van der Waals surface area (Å²) in [4.78, 5) is 12.5. The molecule has 6 heteroatoms. The van der Waals surface area contributed by atoms with Crippen LogP contribution in [-0.4, -0.2) is 32.9 Å². The average Bonchev–Trinajstić information content (AvgIpc) is 2.56. The third kappa shape index (κ3) is 4.65. The van der Waals surface area contributed by atoms with Gasteiger partial charge in [0, 0.05) is 11.3 Å². The van der Waals surface area contributed by atoms with Gasteiger partial charge in [-0.2, -0.15) is 5.10 Å². The van der Waals surface area contributed by atoms with Crippen molar-refractivity contribution < 1.29 is 19.0 Å². The smallest absolute Gasteiger partial charge is 0.271 e. The molecule has 1 atom stereocenters. The van der Waals surface area contributed by atoms with Crippen molar-refractivity contribution in [3.05, 3.63) is 17.7 Å². The average molecular weight is 348 g/mol. The van der Waals surface area contributed by atoms with E-state index in [2.05, 4.69) is 31.3 Å². The van der Waals surface area contributed by atoms with Crippen LogP contribution in [0.5, 0.6) is 17.2 Å². The number of benzene rings is 1. The van der Waals surface area contributed by atoms with E-state index in [4.69, 9.17) is 14.2 Å². The van der Waals surface area contributed by atoms with Gasteiger partial charge in [-0.1, -0.05) is 20.8 Å². The number of rotatable bonds is 5. The first-order valence-electron chi connectivity index (χ1n) is 8.45. The van der Waals surface area contributed by atoms with Crippen molar-refractivity contribution in [3.8, 4) is 17.2 Å². The molecule has 0 heterocycles. The standard InChI is InChI=1S/C19H28N2O4/c1-12-7-14(11-19(2,3)10-12)20-21-18(22)13-8-15(23-4)17(25-6)16(9-13)24-5/h8-9,12H,7,10-11H2,1-6H3,(H,21,22)/b20-14-/t12-/m1/s1. The molecular weight excluding hydrogens is 320 g/mol. The lowest BCUT2D eigenvalue weighted by Gasteiger charge is -2.34. The second-order valence-corrected chi connectivity index (χ2v) is 7.39. The van der Waals surface area contributed by atoms with Gasteiger partial charge in [-0.15, -0.1) is 0 Å². The number of hydrogen-bond donors (Lipinski definition) is 1. The molecule has 2 rings (SSSR count). The Kier molecular flexibility index (Phi) is 5.93. The molecule has 1 amide bonds. The van der Waals surface area contributed by atoms with Crippen LogP contribution in [-0.2, 0) is 0 Å². The number of ether oxygens (including phenoxy) is 3. The van der Waals surface area contributed by atoms with Crippen molar-refractivity contribution in [3.63, 3.8) is 0 Å². The molecule has 0 spiro atoms. The summed E-state index contributed by atoms with van der Waals surface area (Å²) >= 11 is 0. The van der Waals surface area contributed by atoms with Gasteiger partial charge in [0.25, 0.3) is 5.91 Å². The van der Waals surface area contributed by atoms with E-state index in [-0.39, 0.29) is 11.3 Å². The van der Waals surface area contributed by atoms with Gasteiger partial charge >= 0.3 is 0 Å². The van der Waals surface area contributed by atoms with Crippen molar-refractivity contribution in [1.29, 1.82) is 0 Å². The fourth-order valence-electron chi connectivity index (χ4n) is 3.61. The Morgan fingerprint density at radius 1 is 1.16 bits per heavy atom. The van der Waals surface area contributed by atoms with Crippen LogP contribution >= 0.6 is 0 Å². The number of amides is 1. The molecule has 0 aromatic heterocycles. The van der Waals surface area contributed by atoms with Crippen molar-refractivity contribution in [2.24, 2.45) is 16.4 Å². The summed E-state index contributed by atoms with van der Waals surface area (Å²) in [5, 5.41) is 4.36. The van der Waals surface area contributed by atoms with Crippen LogP contribution < -0.4 is 19.6 Å². The Hall–Kier alpha value is -2.24. The van der Waals surface area contributed by atoms with E-state index in [0.717, 1.165) is 18.6 Å². The fourth-order valence-corrected chi connectivity index (χ4v) is 3.61. The van der Waals surface area contributed by atoms with Crippen molar-refractivity contribution in [2.75, 3.05) is 21.3 Å². The van der Waals surface area contributed by atoms with Crippen LogP contribution in [0.25, 0.3) is 0 Å². The van der Waals surface area contributed by atoms with Crippen LogP contribution in [0.1, 0.15) is 50.4 Å². The summed E-state index contributed by atoms with van der Waals surface area (Å²) in [6.07, 6.45) is 2.98. The summed E-state index contributed by atoms with van der Waals surface area (Å²) in [6, 6.07) is 3.23. The van der Waals surface area contributed by atoms with Crippen LogP contribution in [0.3, 0.4) is 0 Å². The summed E-state index contributed by atoms with van der Waals surface area (Å²) < 4.78 is 15.8. The van der Waals surface area contributed by atoms with Gasteiger partial charge in [-0.05, 0) is 42.7 Å². The molecule has 1 aromatic carbocycles. The predicted molar refractivity (Wildman–Crippen MR) is 97.8 cm³/mol. The maximum absolute atomic E-state index is 12.5. The van der Waals surface area contributed by atoms with Crippen LogP contribution in [0.2, 0.25) is 0 Å². The molecule has 0 aliphatic heterocycles. The number of nitrogens with zero attached hydrogens (tertiary/aromatic N) is 1. The highest BCUT2D eigenvalue weighted by atomic mass is 16.5. The number of hydrogen-bond acceptors (Lipinski definition) is 5. The SMILES string of the molecule is COc1cc(C(=O)N/N=C2/C[C@@H](C)CC(C)(C)C2)cc(OC)c1OC. The van der Waals surface area contributed by atoms with E-state index in [9.17, 15) is 4.79 Å². The number of methoxy groups -OCH3 is 3. The molecule has 1 N–H and O–H groups in total. The minimum absolute atomic E-state index is 0.216. The Bertz CT molecular complexity index is 642. The first-order chi connectivity index (χ1) is 11.8. The molecule has 138 valence electrons. The third-order valence-corrected chi connectivity index (χ3v) is 4.41. The molecule has 0 unspecified atom stereocenters. The lowest BCUT2D eigenvalue weighted by molar-refractivity contribution is 0.0953. The Morgan fingerprint density at radius 3 is 2.24 bits per heavy atom. The zero-order valence-corrected chi connectivity index (χ0v) is 15.9. The second-order valence-electron chi connectivity index (χ2n) is 7.39. The van der Waals surface area contributed by atoms with E-state index in [1.54, 1.807) is 12.1 Å². The summed E-state index contributed by atoms with van der Waals surface area (Å²) in [5.41, 5.74) is 4.32. The van der Waals surface area contributed by atoms with Gasteiger partial charge in [-0.3, -0.25) is 4.79 Å². The molecule has 1 saturated carbocycles. The van der Waals surface area contributed by atoms with E-state index in [1.165, 1.54) is 27.8 Å². The van der Waals surface area contributed by atoms with Gasteiger partial charge in [0.1, 0.15) is 0 Å². The monoisotopic (exact) mass is 348 g/mol. The quantitative estimate of drug-likeness (QED) is 0.825. The summed E-state index contributed by atoms with van der Waals surface area (Å²) in [6.45, 7) is 6.69. The van der Waals surface area contributed by atoms with Gasteiger partial charge in [0.2, 0.25) is 5.75 Å². The third-order valence-electron chi connectivity index (χ3n) is 4.41. The minimum Gasteiger partial charge on any atom is -0.493 e. The largest absolute Gasteiger partial charge is 0.493 e. The Balaban J connectivity index is 2.19. The van der Waals surface area contributed by atoms with E-state index < -0.39 is 0 Å². The highest BCUT2D eigenvalue weighted by Gasteiger charge is 2.29. The van der Waals surface area contributed by atoms with Crippen molar-refractivity contribution in [2.45, 2.75) is 40.0 Å². The fraction of sp³-hybridized carbons (Fsp3) is 0.579. The summed E-state index contributed by atoms with van der Waals surface area (Å²) in [5.74, 6) is 1.60. The zero-order chi connectivity index (χ0) is 18.6. The van der Waals surface area contributed by atoms with E-state index in [0.29, 0.717) is 28.7 Å². The van der Waals surface area contributed by atoms with Gasteiger partial charge in [-0.25, -0.2) is 5.43 Å². The number of hydrazone groups is 1. The molecule has 0 saturated heterocycles.